The van der Waals surface area contributed by atoms with Crippen molar-refractivity contribution in [2.45, 2.75) is 70.1 Å². The van der Waals surface area contributed by atoms with E-state index in [-0.39, 0.29) is 12.8 Å². The maximum Gasteiger partial charge on any atom is 0.308 e. The zero-order valence-electron chi connectivity index (χ0n) is 18.4. The third-order valence-electron chi connectivity index (χ3n) is 4.95. The molecule has 1 atom stereocenters. The van der Waals surface area contributed by atoms with Gasteiger partial charge in [-0.3, -0.25) is 14.6 Å². The molecule has 0 radical (unpaired) electrons. The molecule has 1 aliphatic rings. The lowest BCUT2D eigenvalue weighted by atomic mass is 10.1. The molecule has 0 saturated heterocycles. The predicted molar refractivity (Wildman–Crippen MR) is 117 cm³/mol. The Morgan fingerprint density at radius 3 is 2.78 bits per heavy atom. The summed E-state index contributed by atoms with van der Waals surface area (Å²) in [5.74, 6) is 0.175. The van der Waals surface area contributed by atoms with Gasteiger partial charge in [0.25, 0.3) is 0 Å². The third-order valence-corrected chi connectivity index (χ3v) is 5.82. The van der Waals surface area contributed by atoms with Crippen molar-refractivity contribution in [2.75, 3.05) is 6.61 Å². The first kappa shape index (κ1) is 23.8. The second-order valence-corrected chi connectivity index (χ2v) is 8.39. The Labute approximate surface area is 190 Å². The van der Waals surface area contributed by atoms with E-state index in [0.717, 1.165) is 22.4 Å². The van der Waals surface area contributed by atoms with Crippen LogP contribution in [0.15, 0.2) is 17.4 Å². The molecule has 0 spiro atoms. The van der Waals surface area contributed by atoms with Gasteiger partial charge in [-0.2, -0.15) is 9.97 Å². The van der Waals surface area contributed by atoms with E-state index in [0.29, 0.717) is 48.5 Å². The first-order valence-electron chi connectivity index (χ1n) is 10.5. The number of esters is 1. The van der Waals surface area contributed by atoms with Crippen molar-refractivity contribution < 1.29 is 28.9 Å². The number of aromatic nitrogens is 3. The van der Waals surface area contributed by atoms with Gasteiger partial charge in [0.15, 0.2) is 5.16 Å². The maximum atomic E-state index is 12.0. The first-order chi connectivity index (χ1) is 15.3. The predicted octanol–water partition coefficient (Wildman–Crippen LogP) is 3.63. The molecule has 0 bridgehead atoms. The van der Waals surface area contributed by atoms with Gasteiger partial charge in [-0.05, 0) is 43.9 Å². The van der Waals surface area contributed by atoms with Crippen LogP contribution in [0.5, 0.6) is 11.8 Å². The van der Waals surface area contributed by atoms with Crippen molar-refractivity contribution in [3.8, 4) is 11.8 Å². The van der Waals surface area contributed by atoms with E-state index >= 15 is 0 Å². The Morgan fingerprint density at radius 2 is 2.03 bits per heavy atom. The number of carbonyl (C=O) groups is 2. The molecule has 9 nitrogen and oxygen atoms in total. The van der Waals surface area contributed by atoms with Crippen LogP contribution >= 0.6 is 11.8 Å². The molecule has 0 aromatic carbocycles. The fourth-order valence-corrected chi connectivity index (χ4v) is 4.23. The number of aryl methyl sites for hydroxylation is 2. The van der Waals surface area contributed by atoms with Gasteiger partial charge in [-0.1, -0.05) is 11.8 Å². The minimum atomic E-state index is -0.877. The number of fused-ring (bicyclic) bond motifs is 1. The van der Waals surface area contributed by atoms with E-state index in [1.807, 2.05) is 19.9 Å². The molecule has 0 aliphatic carbocycles. The van der Waals surface area contributed by atoms with Crippen molar-refractivity contribution in [3.63, 3.8) is 0 Å². The number of nitrogens with zero attached hydrogens (tertiary/aromatic N) is 3. The van der Waals surface area contributed by atoms with E-state index in [4.69, 9.17) is 19.3 Å². The maximum absolute atomic E-state index is 12.0. The Hall–Kier alpha value is -2.88. The van der Waals surface area contributed by atoms with Gasteiger partial charge in [0.1, 0.15) is 0 Å². The van der Waals surface area contributed by atoms with E-state index in [9.17, 15) is 9.59 Å². The summed E-state index contributed by atoms with van der Waals surface area (Å²) < 4.78 is 16.7. The number of carbonyl (C=O) groups excluding carboxylic acids is 1. The minimum absolute atomic E-state index is 0.0327. The lowest BCUT2D eigenvalue weighted by molar-refractivity contribution is -0.162. The Kier molecular flexibility index (Phi) is 8.26. The number of carboxylic acids is 1. The highest BCUT2D eigenvalue weighted by atomic mass is 32.2. The van der Waals surface area contributed by atoms with Gasteiger partial charge in [0, 0.05) is 43.8 Å². The summed E-state index contributed by atoms with van der Waals surface area (Å²) in [7, 11) is 0. The average Bonchev–Trinajstić information content (AvgIpc) is 3.19. The number of ether oxygens (including phenoxy) is 3. The molecule has 3 heterocycles. The highest BCUT2D eigenvalue weighted by Gasteiger charge is 2.24. The lowest BCUT2D eigenvalue weighted by Crippen LogP contribution is -2.22. The zero-order chi connectivity index (χ0) is 23.1. The number of unbranched alkanes of at least 4 members (excludes halogenated alkanes) is 1. The highest BCUT2D eigenvalue weighted by Crippen LogP contribution is 2.34. The van der Waals surface area contributed by atoms with Crippen LogP contribution in [-0.4, -0.2) is 44.9 Å². The number of carboxylic acid groups (broad SMARTS) is 1. The third kappa shape index (κ3) is 6.56. The number of thioether (sulfide) groups is 1. The van der Waals surface area contributed by atoms with Crippen molar-refractivity contribution >= 4 is 23.7 Å². The summed E-state index contributed by atoms with van der Waals surface area (Å²) in [4.78, 5) is 35.9. The van der Waals surface area contributed by atoms with Crippen LogP contribution in [0.3, 0.4) is 0 Å². The number of hydrogen-bond acceptors (Lipinski definition) is 9. The molecule has 10 heteroatoms. The molecular weight excluding hydrogens is 434 g/mol. The lowest BCUT2D eigenvalue weighted by Gasteiger charge is -2.16. The Balaban J connectivity index is 1.62. The second kappa shape index (κ2) is 11.1. The van der Waals surface area contributed by atoms with Crippen LogP contribution in [-0.2, 0) is 26.5 Å². The summed E-state index contributed by atoms with van der Waals surface area (Å²) >= 11 is 1.46. The average molecular weight is 462 g/mol. The number of aliphatic carboxylic acids is 1. The van der Waals surface area contributed by atoms with Crippen LogP contribution in [0.25, 0.3) is 0 Å². The summed E-state index contributed by atoms with van der Waals surface area (Å²) in [6.45, 7) is 6.13. The van der Waals surface area contributed by atoms with Gasteiger partial charge in [0.05, 0.1) is 12.2 Å². The zero-order valence-corrected chi connectivity index (χ0v) is 19.2. The molecule has 172 valence electrons. The van der Waals surface area contributed by atoms with E-state index < -0.39 is 18.2 Å². The molecule has 1 N–H and O–H groups in total. The summed E-state index contributed by atoms with van der Waals surface area (Å²) in [6, 6.07) is 1.97. The van der Waals surface area contributed by atoms with Crippen LogP contribution in [0, 0.1) is 13.8 Å². The molecule has 3 rings (SSSR count). The topological polar surface area (TPSA) is 121 Å². The van der Waals surface area contributed by atoms with Crippen molar-refractivity contribution in [3.05, 3.63) is 34.6 Å². The smallest absolute Gasteiger partial charge is 0.308 e. The highest BCUT2D eigenvalue weighted by molar-refractivity contribution is 7.98. The van der Waals surface area contributed by atoms with Gasteiger partial charge in [0.2, 0.25) is 18.1 Å². The standard InChI is InChI=1S/C22H27N3O6S/c1-13-8-10-23-14(2)17(13)12-32-22-24-20-16(9-11-29-20)21(25-22)31-15(3)30-19(28)7-5-4-6-18(26)27/h8,10,15H,4-7,9,11-12H2,1-3H3,(H,26,27). The van der Waals surface area contributed by atoms with Crippen molar-refractivity contribution in [2.24, 2.45) is 0 Å². The number of pyridine rings is 1. The second-order valence-electron chi connectivity index (χ2n) is 7.45. The molecule has 0 fully saturated rings. The summed E-state index contributed by atoms with van der Waals surface area (Å²) in [5.41, 5.74) is 4.01. The minimum Gasteiger partial charge on any atom is -0.481 e. The van der Waals surface area contributed by atoms with Crippen LogP contribution in [0.1, 0.15) is 55.0 Å². The van der Waals surface area contributed by atoms with Gasteiger partial charge < -0.3 is 19.3 Å². The number of hydrogen-bond donors (Lipinski definition) is 1. The fraction of sp³-hybridized carbons (Fsp3) is 0.500. The molecule has 0 saturated carbocycles. The molecule has 2 aromatic rings. The molecule has 0 amide bonds. The Bertz CT molecular complexity index is 964. The normalized spacial score (nSPS) is 13.2. The summed E-state index contributed by atoms with van der Waals surface area (Å²) in [6.07, 6.45) is 2.60. The Morgan fingerprint density at radius 1 is 1.25 bits per heavy atom. The fourth-order valence-electron chi connectivity index (χ4n) is 3.22. The van der Waals surface area contributed by atoms with Gasteiger partial charge in [-0.25, -0.2) is 0 Å². The summed E-state index contributed by atoms with van der Waals surface area (Å²) in [5, 5.41) is 9.16. The van der Waals surface area contributed by atoms with Gasteiger partial charge >= 0.3 is 11.9 Å². The van der Waals surface area contributed by atoms with E-state index in [1.165, 1.54) is 11.8 Å². The largest absolute Gasteiger partial charge is 0.481 e. The van der Waals surface area contributed by atoms with Crippen molar-refractivity contribution in [1.82, 2.24) is 15.0 Å². The monoisotopic (exact) mass is 461 g/mol. The molecule has 32 heavy (non-hydrogen) atoms. The molecular formula is C22H27N3O6S. The molecule has 2 aromatic heterocycles. The van der Waals surface area contributed by atoms with Crippen LogP contribution < -0.4 is 9.47 Å². The molecule has 1 aliphatic heterocycles. The SMILES string of the molecule is Cc1ccnc(C)c1CSc1nc2c(c(OC(C)OC(=O)CCCCC(=O)O)n1)CCO2. The quantitative estimate of drug-likeness (QED) is 0.175. The first-order valence-corrected chi connectivity index (χ1v) is 11.5. The van der Waals surface area contributed by atoms with Gasteiger partial charge in [-0.15, -0.1) is 0 Å². The van der Waals surface area contributed by atoms with Crippen molar-refractivity contribution in [1.29, 1.82) is 0 Å². The van der Waals surface area contributed by atoms with Crippen LogP contribution in [0.4, 0.5) is 0 Å². The molecule has 1 unspecified atom stereocenters. The van der Waals surface area contributed by atoms with Crippen LogP contribution in [0.2, 0.25) is 0 Å². The van der Waals surface area contributed by atoms with E-state index in [1.54, 1.807) is 13.1 Å². The van der Waals surface area contributed by atoms with E-state index in [2.05, 4.69) is 15.0 Å². The number of rotatable bonds is 11.